The molecule has 0 aliphatic rings. The van der Waals surface area contributed by atoms with Gasteiger partial charge in [0, 0.05) is 19.1 Å². The molecule has 0 aliphatic heterocycles. The first-order valence-corrected chi connectivity index (χ1v) is 5.74. The van der Waals surface area contributed by atoms with Gasteiger partial charge in [0.15, 0.2) is 0 Å². The average molecular weight is 275 g/mol. The highest BCUT2D eigenvalue weighted by Crippen LogP contribution is 2.22. The van der Waals surface area contributed by atoms with Crippen molar-refractivity contribution in [2.24, 2.45) is 0 Å². The first kappa shape index (κ1) is 13.8. The molecule has 4 nitrogen and oxygen atoms in total. The van der Waals surface area contributed by atoms with Gasteiger partial charge in [0.25, 0.3) is 5.91 Å². The number of amides is 2. The van der Waals surface area contributed by atoms with Crippen LogP contribution in [0.4, 0.5) is 5.69 Å². The standard InChI is InChI=1S/C11H12Cl2N2O2/c1-15(2)11(17)8-4-3-7(13)5-9(8)14-10(16)6-12/h3-5H,6H2,1-2H3,(H,14,16). The molecule has 0 fully saturated rings. The summed E-state index contributed by atoms with van der Waals surface area (Å²) in [6.07, 6.45) is 0. The van der Waals surface area contributed by atoms with E-state index in [9.17, 15) is 9.59 Å². The van der Waals surface area contributed by atoms with Gasteiger partial charge < -0.3 is 10.2 Å². The van der Waals surface area contributed by atoms with Crippen LogP contribution in [0.2, 0.25) is 5.02 Å². The molecule has 0 aromatic heterocycles. The van der Waals surface area contributed by atoms with Gasteiger partial charge in [-0.05, 0) is 18.2 Å². The van der Waals surface area contributed by atoms with Crippen molar-refractivity contribution in [2.45, 2.75) is 0 Å². The van der Waals surface area contributed by atoms with Gasteiger partial charge in [0.2, 0.25) is 5.91 Å². The maximum atomic E-state index is 11.8. The Labute approximate surface area is 109 Å². The van der Waals surface area contributed by atoms with Crippen molar-refractivity contribution in [3.05, 3.63) is 28.8 Å². The molecule has 0 unspecified atom stereocenters. The van der Waals surface area contributed by atoms with Crippen LogP contribution >= 0.6 is 23.2 Å². The fourth-order valence-corrected chi connectivity index (χ4v) is 1.47. The molecule has 1 aromatic carbocycles. The SMILES string of the molecule is CN(C)C(=O)c1ccc(Cl)cc1NC(=O)CCl. The predicted molar refractivity (Wildman–Crippen MR) is 68.8 cm³/mol. The monoisotopic (exact) mass is 274 g/mol. The number of carbonyl (C=O) groups is 2. The normalized spacial score (nSPS) is 9.88. The molecule has 1 rings (SSSR count). The van der Waals surface area contributed by atoms with Crippen LogP contribution in [-0.4, -0.2) is 36.7 Å². The van der Waals surface area contributed by atoms with Crippen LogP contribution in [0.3, 0.4) is 0 Å². The van der Waals surface area contributed by atoms with Crippen molar-refractivity contribution in [2.75, 3.05) is 25.3 Å². The van der Waals surface area contributed by atoms with Crippen LogP contribution < -0.4 is 5.32 Å². The molecule has 0 saturated carbocycles. The minimum atomic E-state index is -0.387. The predicted octanol–water partition coefficient (Wildman–Crippen LogP) is 2.22. The van der Waals surface area contributed by atoms with Crippen molar-refractivity contribution >= 4 is 40.7 Å². The maximum Gasteiger partial charge on any atom is 0.255 e. The van der Waals surface area contributed by atoms with Crippen LogP contribution in [0.15, 0.2) is 18.2 Å². The Balaban J connectivity index is 3.12. The number of anilines is 1. The quantitative estimate of drug-likeness (QED) is 0.860. The Morgan fingerprint density at radius 2 is 2.00 bits per heavy atom. The smallest absolute Gasteiger partial charge is 0.255 e. The van der Waals surface area contributed by atoms with Gasteiger partial charge in [-0.1, -0.05) is 11.6 Å². The Morgan fingerprint density at radius 3 is 2.53 bits per heavy atom. The van der Waals surface area contributed by atoms with Gasteiger partial charge in [0.1, 0.15) is 5.88 Å². The summed E-state index contributed by atoms with van der Waals surface area (Å²) in [4.78, 5) is 24.5. The van der Waals surface area contributed by atoms with Crippen molar-refractivity contribution in [3.8, 4) is 0 Å². The van der Waals surface area contributed by atoms with Crippen molar-refractivity contribution in [1.82, 2.24) is 4.90 Å². The van der Waals surface area contributed by atoms with Gasteiger partial charge >= 0.3 is 0 Å². The molecule has 17 heavy (non-hydrogen) atoms. The third-order valence-electron chi connectivity index (χ3n) is 2.01. The highest BCUT2D eigenvalue weighted by Gasteiger charge is 2.15. The van der Waals surface area contributed by atoms with Crippen LogP contribution in [0.1, 0.15) is 10.4 Å². The number of carbonyl (C=O) groups excluding carboxylic acids is 2. The third kappa shape index (κ3) is 3.61. The summed E-state index contributed by atoms with van der Waals surface area (Å²) >= 11 is 11.2. The van der Waals surface area contributed by atoms with E-state index in [4.69, 9.17) is 23.2 Å². The van der Waals surface area contributed by atoms with E-state index in [0.717, 1.165) is 0 Å². The number of rotatable bonds is 3. The molecule has 0 saturated heterocycles. The van der Waals surface area contributed by atoms with E-state index >= 15 is 0 Å². The molecule has 0 bridgehead atoms. The lowest BCUT2D eigenvalue weighted by molar-refractivity contribution is -0.113. The van der Waals surface area contributed by atoms with Crippen molar-refractivity contribution in [3.63, 3.8) is 0 Å². The zero-order valence-corrected chi connectivity index (χ0v) is 11.0. The average Bonchev–Trinajstić information content (AvgIpc) is 2.28. The fourth-order valence-electron chi connectivity index (χ4n) is 1.23. The van der Waals surface area contributed by atoms with E-state index in [1.54, 1.807) is 26.2 Å². The van der Waals surface area contributed by atoms with Crippen molar-refractivity contribution in [1.29, 1.82) is 0 Å². The zero-order valence-electron chi connectivity index (χ0n) is 9.46. The summed E-state index contributed by atoms with van der Waals surface area (Å²) in [6, 6.07) is 4.67. The highest BCUT2D eigenvalue weighted by atomic mass is 35.5. The van der Waals surface area contributed by atoms with Gasteiger partial charge in [0.05, 0.1) is 11.3 Å². The van der Waals surface area contributed by atoms with E-state index in [-0.39, 0.29) is 17.7 Å². The second-order valence-electron chi connectivity index (χ2n) is 3.57. The summed E-state index contributed by atoms with van der Waals surface area (Å²) in [5, 5.41) is 2.97. The number of hydrogen-bond donors (Lipinski definition) is 1. The summed E-state index contributed by atoms with van der Waals surface area (Å²) in [7, 11) is 3.26. The summed E-state index contributed by atoms with van der Waals surface area (Å²) in [5.74, 6) is -0.782. The number of benzene rings is 1. The first-order chi connectivity index (χ1) is 7.95. The molecule has 1 N–H and O–H groups in total. The Morgan fingerprint density at radius 1 is 1.35 bits per heavy atom. The summed E-state index contributed by atoms with van der Waals surface area (Å²) in [5.41, 5.74) is 0.736. The molecule has 1 aromatic rings. The van der Waals surface area contributed by atoms with Gasteiger partial charge in [-0.3, -0.25) is 9.59 Å². The summed E-state index contributed by atoms with van der Waals surface area (Å²) < 4.78 is 0. The number of alkyl halides is 1. The molecule has 92 valence electrons. The van der Waals surface area contributed by atoms with Gasteiger partial charge in [-0.2, -0.15) is 0 Å². The molecular formula is C11H12Cl2N2O2. The van der Waals surface area contributed by atoms with E-state index in [1.165, 1.54) is 11.0 Å². The molecular weight excluding hydrogens is 263 g/mol. The zero-order chi connectivity index (χ0) is 13.0. The minimum absolute atomic E-state index is 0.178. The molecule has 0 aliphatic carbocycles. The van der Waals surface area contributed by atoms with Crippen LogP contribution in [-0.2, 0) is 4.79 Å². The summed E-state index contributed by atoms with van der Waals surface area (Å²) in [6.45, 7) is 0. The Kier molecular flexibility index (Phi) is 4.78. The molecule has 0 radical (unpaired) electrons. The Hall–Kier alpha value is -1.26. The van der Waals surface area contributed by atoms with Crippen LogP contribution in [0.5, 0.6) is 0 Å². The number of halogens is 2. The highest BCUT2D eigenvalue weighted by molar-refractivity contribution is 6.31. The second-order valence-corrected chi connectivity index (χ2v) is 4.27. The lowest BCUT2D eigenvalue weighted by Crippen LogP contribution is -2.24. The van der Waals surface area contributed by atoms with E-state index in [0.29, 0.717) is 16.3 Å². The molecule has 6 heteroatoms. The Bertz CT molecular complexity index is 447. The molecule has 0 spiro atoms. The van der Waals surface area contributed by atoms with E-state index in [1.807, 2.05) is 0 Å². The molecule has 0 heterocycles. The second kappa shape index (κ2) is 5.89. The molecule has 2 amide bonds. The first-order valence-electron chi connectivity index (χ1n) is 4.82. The largest absolute Gasteiger partial charge is 0.345 e. The van der Waals surface area contributed by atoms with Crippen molar-refractivity contribution < 1.29 is 9.59 Å². The topological polar surface area (TPSA) is 49.4 Å². The third-order valence-corrected chi connectivity index (χ3v) is 2.49. The lowest BCUT2D eigenvalue weighted by atomic mass is 10.1. The number of nitrogens with zero attached hydrogens (tertiary/aromatic N) is 1. The number of nitrogens with one attached hydrogen (secondary N) is 1. The van der Waals surface area contributed by atoms with Crippen LogP contribution in [0.25, 0.3) is 0 Å². The fraction of sp³-hybridized carbons (Fsp3) is 0.273. The lowest BCUT2D eigenvalue weighted by Gasteiger charge is -2.14. The van der Waals surface area contributed by atoms with Crippen LogP contribution in [0, 0.1) is 0 Å². The number of hydrogen-bond acceptors (Lipinski definition) is 2. The van der Waals surface area contributed by atoms with E-state index in [2.05, 4.69) is 5.32 Å². The maximum absolute atomic E-state index is 11.8. The van der Waals surface area contributed by atoms with Gasteiger partial charge in [-0.15, -0.1) is 11.6 Å². The van der Waals surface area contributed by atoms with Gasteiger partial charge in [-0.25, -0.2) is 0 Å². The minimum Gasteiger partial charge on any atom is -0.345 e. The molecule has 0 atom stereocenters. The van der Waals surface area contributed by atoms with E-state index < -0.39 is 0 Å².